The second-order valence-corrected chi connectivity index (χ2v) is 10.5. The number of benzene rings is 3. The monoisotopic (exact) mass is 521 g/mol. The Morgan fingerprint density at radius 2 is 1.76 bits per heavy atom. The smallest absolute Gasteiger partial charge is 0.329 e. The molecule has 5 heteroatoms. The molecule has 0 heterocycles. The molecule has 1 fully saturated rings. The highest BCUT2D eigenvalue weighted by atomic mass is 79.9. The van der Waals surface area contributed by atoms with Crippen molar-refractivity contribution in [3.63, 3.8) is 0 Å². The summed E-state index contributed by atoms with van der Waals surface area (Å²) in [5, 5.41) is 14.4. The van der Waals surface area contributed by atoms with Crippen molar-refractivity contribution in [2.24, 2.45) is 0 Å². The molecule has 1 spiro atoms. The standard InChI is InChI=1S/C28H25BrClNO2/c1-18-9-10-20(16-25(18)30)24-15-19-5-2-3-8-23(19)27(24)11-13-28(14-12-27,26(32)33)31-22-7-4-6-21(29)17-22/h2-10,15-17,31H,11-14H2,1H3,(H,32,33). The number of carbonyl (C=O) groups is 1. The summed E-state index contributed by atoms with van der Waals surface area (Å²) < 4.78 is 0.923. The minimum Gasteiger partial charge on any atom is -0.480 e. The second-order valence-electron chi connectivity index (χ2n) is 9.21. The highest BCUT2D eigenvalue weighted by Crippen LogP contribution is 2.56. The first-order valence-electron chi connectivity index (χ1n) is 11.2. The third-order valence-corrected chi connectivity index (χ3v) is 8.25. The van der Waals surface area contributed by atoms with Gasteiger partial charge in [-0.05, 0) is 90.8 Å². The molecule has 0 unspecified atom stereocenters. The van der Waals surface area contributed by atoms with E-state index in [1.165, 1.54) is 16.7 Å². The van der Waals surface area contributed by atoms with E-state index in [2.05, 4.69) is 69.8 Å². The molecule has 2 aliphatic carbocycles. The van der Waals surface area contributed by atoms with Crippen LogP contribution in [0.4, 0.5) is 5.69 Å². The molecule has 0 aliphatic heterocycles. The van der Waals surface area contributed by atoms with E-state index < -0.39 is 11.5 Å². The van der Waals surface area contributed by atoms with Crippen LogP contribution in [0.15, 0.2) is 71.2 Å². The van der Waals surface area contributed by atoms with E-state index in [4.69, 9.17) is 11.6 Å². The average molecular weight is 523 g/mol. The fourth-order valence-corrected chi connectivity index (χ4v) is 6.07. The van der Waals surface area contributed by atoms with Gasteiger partial charge in [0.25, 0.3) is 0 Å². The van der Waals surface area contributed by atoms with E-state index in [1.54, 1.807) is 0 Å². The Morgan fingerprint density at radius 1 is 1.00 bits per heavy atom. The summed E-state index contributed by atoms with van der Waals surface area (Å²) in [7, 11) is 0. The van der Waals surface area contributed by atoms with Gasteiger partial charge in [0.15, 0.2) is 0 Å². The van der Waals surface area contributed by atoms with Crippen LogP contribution in [0.25, 0.3) is 11.6 Å². The molecule has 0 amide bonds. The van der Waals surface area contributed by atoms with Crippen molar-refractivity contribution in [1.29, 1.82) is 0 Å². The number of nitrogens with one attached hydrogen (secondary N) is 1. The van der Waals surface area contributed by atoms with Crippen LogP contribution in [0.5, 0.6) is 0 Å². The van der Waals surface area contributed by atoms with E-state index in [0.29, 0.717) is 12.8 Å². The molecule has 33 heavy (non-hydrogen) atoms. The van der Waals surface area contributed by atoms with Crippen LogP contribution in [-0.4, -0.2) is 16.6 Å². The maximum atomic E-state index is 12.5. The van der Waals surface area contributed by atoms with Gasteiger partial charge in [-0.1, -0.05) is 70.0 Å². The first-order chi connectivity index (χ1) is 15.8. The summed E-state index contributed by atoms with van der Waals surface area (Å²) in [4.78, 5) is 12.5. The zero-order valence-corrected chi connectivity index (χ0v) is 20.7. The quantitative estimate of drug-likeness (QED) is 0.369. The van der Waals surface area contributed by atoms with Crippen molar-refractivity contribution in [2.45, 2.75) is 43.6 Å². The minimum absolute atomic E-state index is 0.215. The third-order valence-electron chi connectivity index (χ3n) is 7.35. The number of halogens is 2. The Labute approximate surface area is 207 Å². The number of anilines is 1. The number of rotatable bonds is 4. The van der Waals surface area contributed by atoms with E-state index in [-0.39, 0.29) is 5.41 Å². The summed E-state index contributed by atoms with van der Waals surface area (Å²) in [6, 6.07) is 22.5. The van der Waals surface area contributed by atoms with Crippen molar-refractivity contribution >= 4 is 50.8 Å². The van der Waals surface area contributed by atoms with E-state index >= 15 is 0 Å². The van der Waals surface area contributed by atoms with Crippen molar-refractivity contribution < 1.29 is 9.90 Å². The van der Waals surface area contributed by atoms with Crippen LogP contribution < -0.4 is 5.32 Å². The van der Waals surface area contributed by atoms with Gasteiger partial charge in [0, 0.05) is 20.6 Å². The number of aliphatic carboxylic acids is 1. The SMILES string of the molecule is Cc1ccc(C2=Cc3ccccc3C23CCC(Nc2cccc(Br)c2)(C(=O)O)CC3)cc1Cl. The van der Waals surface area contributed by atoms with Crippen molar-refractivity contribution in [2.75, 3.05) is 5.32 Å². The molecule has 0 aromatic heterocycles. The van der Waals surface area contributed by atoms with Crippen LogP contribution >= 0.6 is 27.5 Å². The van der Waals surface area contributed by atoms with Gasteiger partial charge in [-0.25, -0.2) is 4.79 Å². The predicted molar refractivity (Wildman–Crippen MR) is 139 cm³/mol. The van der Waals surface area contributed by atoms with Gasteiger partial charge in [-0.15, -0.1) is 0 Å². The Balaban J connectivity index is 1.53. The van der Waals surface area contributed by atoms with E-state index in [1.807, 2.05) is 31.2 Å². The largest absolute Gasteiger partial charge is 0.480 e. The van der Waals surface area contributed by atoms with Gasteiger partial charge in [0.1, 0.15) is 5.54 Å². The summed E-state index contributed by atoms with van der Waals surface area (Å²) in [5.74, 6) is -0.799. The van der Waals surface area contributed by atoms with Crippen LogP contribution in [0.3, 0.4) is 0 Å². The molecule has 3 nitrogen and oxygen atoms in total. The summed E-state index contributed by atoms with van der Waals surface area (Å²) in [6.45, 7) is 2.01. The Hall–Kier alpha value is -2.56. The highest BCUT2D eigenvalue weighted by molar-refractivity contribution is 9.10. The molecular weight excluding hydrogens is 498 g/mol. The van der Waals surface area contributed by atoms with Crippen LogP contribution in [0.1, 0.15) is 47.9 Å². The van der Waals surface area contributed by atoms with Crippen LogP contribution in [0.2, 0.25) is 5.02 Å². The third kappa shape index (κ3) is 3.79. The Kier molecular flexibility index (Phi) is 5.62. The van der Waals surface area contributed by atoms with Crippen molar-refractivity contribution in [3.05, 3.63) is 98.5 Å². The maximum Gasteiger partial charge on any atom is 0.329 e. The van der Waals surface area contributed by atoms with Crippen LogP contribution in [-0.2, 0) is 10.2 Å². The number of fused-ring (bicyclic) bond motifs is 2. The normalized spacial score (nSPS) is 23.8. The molecule has 3 aromatic rings. The fraction of sp³-hybridized carbons (Fsp3) is 0.250. The number of aryl methyl sites for hydroxylation is 1. The molecule has 0 saturated heterocycles. The van der Waals surface area contributed by atoms with Gasteiger partial charge >= 0.3 is 5.97 Å². The first kappa shape index (κ1) is 22.2. The summed E-state index contributed by atoms with van der Waals surface area (Å²) in [5.41, 5.74) is 5.52. The number of hydrogen-bond acceptors (Lipinski definition) is 2. The van der Waals surface area contributed by atoms with E-state index in [9.17, 15) is 9.90 Å². The first-order valence-corrected chi connectivity index (χ1v) is 12.4. The second kappa shape index (κ2) is 8.34. The number of allylic oxidation sites excluding steroid dienone is 1. The van der Waals surface area contributed by atoms with Gasteiger partial charge in [-0.3, -0.25) is 0 Å². The lowest BCUT2D eigenvalue weighted by Crippen LogP contribution is -2.52. The fourth-order valence-electron chi connectivity index (χ4n) is 5.49. The zero-order valence-electron chi connectivity index (χ0n) is 18.4. The number of hydrogen-bond donors (Lipinski definition) is 2. The van der Waals surface area contributed by atoms with Crippen molar-refractivity contribution in [1.82, 2.24) is 0 Å². The van der Waals surface area contributed by atoms with Crippen molar-refractivity contribution in [3.8, 4) is 0 Å². The molecule has 0 atom stereocenters. The molecular formula is C28H25BrClNO2. The lowest BCUT2D eigenvalue weighted by Gasteiger charge is -2.45. The lowest BCUT2D eigenvalue weighted by atomic mass is 9.61. The molecule has 0 radical (unpaired) electrons. The number of carboxylic acids is 1. The van der Waals surface area contributed by atoms with E-state index in [0.717, 1.165) is 39.2 Å². The molecule has 168 valence electrons. The highest BCUT2D eigenvalue weighted by Gasteiger charge is 2.51. The zero-order chi connectivity index (χ0) is 23.2. The maximum absolute atomic E-state index is 12.5. The molecule has 2 aliphatic rings. The average Bonchev–Trinajstić information content (AvgIpc) is 3.11. The Morgan fingerprint density at radius 3 is 2.45 bits per heavy atom. The molecule has 5 rings (SSSR count). The molecule has 1 saturated carbocycles. The summed E-state index contributed by atoms with van der Waals surface area (Å²) >= 11 is 9.99. The predicted octanol–water partition coefficient (Wildman–Crippen LogP) is 7.71. The van der Waals surface area contributed by atoms with Gasteiger partial charge < -0.3 is 10.4 Å². The number of carboxylic acid groups (broad SMARTS) is 1. The Bertz CT molecular complexity index is 1270. The van der Waals surface area contributed by atoms with Gasteiger partial charge in [-0.2, -0.15) is 0 Å². The van der Waals surface area contributed by atoms with Crippen LogP contribution in [0, 0.1) is 6.92 Å². The lowest BCUT2D eigenvalue weighted by molar-refractivity contribution is -0.143. The minimum atomic E-state index is -1.00. The summed E-state index contributed by atoms with van der Waals surface area (Å²) in [6.07, 6.45) is 4.81. The van der Waals surface area contributed by atoms with Gasteiger partial charge in [0.05, 0.1) is 0 Å². The molecule has 0 bridgehead atoms. The molecule has 3 aromatic carbocycles. The molecule has 2 N–H and O–H groups in total. The van der Waals surface area contributed by atoms with Gasteiger partial charge in [0.2, 0.25) is 0 Å². The topological polar surface area (TPSA) is 49.3 Å².